The molecular formula is C16H22N2O2. The number of hydrogen-bond acceptors (Lipinski definition) is 3. The van der Waals surface area contributed by atoms with E-state index in [2.05, 4.69) is 5.32 Å². The first-order chi connectivity index (χ1) is 9.72. The molecule has 0 atom stereocenters. The van der Waals surface area contributed by atoms with Gasteiger partial charge in [-0.2, -0.15) is 0 Å². The van der Waals surface area contributed by atoms with Crippen molar-refractivity contribution >= 4 is 5.91 Å². The summed E-state index contributed by atoms with van der Waals surface area (Å²) in [4.78, 5) is 14.4. The molecule has 0 bridgehead atoms. The Morgan fingerprint density at radius 1 is 1.30 bits per heavy atom. The van der Waals surface area contributed by atoms with E-state index >= 15 is 0 Å². The summed E-state index contributed by atoms with van der Waals surface area (Å²) in [5.41, 5.74) is 3.22. The van der Waals surface area contributed by atoms with Gasteiger partial charge in [0.05, 0.1) is 6.61 Å². The summed E-state index contributed by atoms with van der Waals surface area (Å²) in [5, 5.41) is 3.18. The predicted octanol–water partition coefficient (Wildman–Crippen LogP) is 1.58. The number of carbonyl (C=O) groups is 1. The van der Waals surface area contributed by atoms with Crippen LogP contribution in [0.4, 0.5) is 0 Å². The minimum absolute atomic E-state index is 0.113. The van der Waals surface area contributed by atoms with Gasteiger partial charge in [-0.25, -0.2) is 0 Å². The number of hydrogen-bond donors (Lipinski definition) is 1. The molecule has 0 aliphatic carbocycles. The van der Waals surface area contributed by atoms with Crippen LogP contribution in [0.25, 0.3) is 0 Å². The van der Waals surface area contributed by atoms with Crippen LogP contribution in [0, 0.1) is 0 Å². The molecule has 0 unspecified atom stereocenters. The minimum Gasteiger partial charge on any atom is -0.383 e. The van der Waals surface area contributed by atoms with Gasteiger partial charge < -0.3 is 15.0 Å². The average Bonchev–Trinajstić information content (AvgIpc) is 2.42. The molecule has 108 valence electrons. The molecule has 0 aromatic heterocycles. The molecule has 1 aliphatic heterocycles. The van der Waals surface area contributed by atoms with Crippen LogP contribution in [0.15, 0.2) is 41.5 Å². The van der Waals surface area contributed by atoms with Crippen molar-refractivity contribution in [2.24, 2.45) is 0 Å². The topological polar surface area (TPSA) is 41.6 Å². The summed E-state index contributed by atoms with van der Waals surface area (Å²) in [5.74, 6) is 0.113. The van der Waals surface area contributed by atoms with Gasteiger partial charge in [0.1, 0.15) is 0 Å². The van der Waals surface area contributed by atoms with Crippen LogP contribution >= 0.6 is 0 Å². The highest BCUT2D eigenvalue weighted by molar-refractivity contribution is 5.94. The molecule has 1 aliphatic rings. The lowest BCUT2D eigenvalue weighted by atomic mass is 10.0. The summed E-state index contributed by atoms with van der Waals surface area (Å²) in [6.45, 7) is 5.38. The van der Waals surface area contributed by atoms with Crippen LogP contribution in [-0.2, 0) is 16.1 Å². The van der Waals surface area contributed by atoms with Crippen molar-refractivity contribution in [3.63, 3.8) is 0 Å². The summed E-state index contributed by atoms with van der Waals surface area (Å²) >= 11 is 0. The van der Waals surface area contributed by atoms with Gasteiger partial charge in [0.25, 0.3) is 0 Å². The van der Waals surface area contributed by atoms with Gasteiger partial charge in [0.15, 0.2) is 0 Å². The zero-order valence-electron chi connectivity index (χ0n) is 12.2. The van der Waals surface area contributed by atoms with Gasteiger partial charge in [-0.05, 0) is 18.1 Å². The van der Waals surface area contributed by atoms with Gasteiger partial charge in [-0.1, -0.05) is 30.3 Å². The van der Waals surface area contributed by atoms with Crippen LogP contribution in [-0.4, -0.2) is 44.2 Å². The van der Waals surface area contributed by atoms with Crippen LogP contribution in [0.1, 0.15) is 12.5 Å². The monoisotopic (exact) mass is 274 g/mol. The molecule has 1 N–H and O–H groups in total. The fraction of sp³-hybridized carbons (Fsp3) is 0.438. The van der Waals surface area contributed by atoms with Gasteiger partial charge in [-0.3, -0.25) is 4.79 Å². The summed E-state index contributed by atoms with van der Waals surface area (Å²) in [6.07, 6.45) is 0. The van der Waals surface area contributed by atoms with E-state index in [4.69, 9.17) is 4.74 Å². The molecule has 1 fully saturated rings. The van der Waals surface area contributed by atoms with Crippen LogP contribution < -0.4 is 5.32 Å². The van der Waals surface area contributed by atoms with E-state index in [0.717, 1.165) is 24.2 Å². The van der Waals surface area contributed by atoms with Crippen molar-refractivity contribution < 1.29 is 9.53 Å². The predicted molar refractivity (Wildman–Crippen MR) is 79.3 cm³/mol. The quantitative estimate of drug-likeness (QED) is 0.801. The molecule has 1 aromatic carbocycles. The van der Waals surface area contributed by atoms with Crippen molar-refractivity contribution in [1.82, 2.24) is 10.2 Å². The molecular weight excluding hydrogens is 252 g/mol. The number of methoxy groups -OCH3 is 1. The summed E-state index contributed by atoms with van der Waals surface area (Å²) < 4.78 is 5.12. The zero-order valence-corrected chi connectivity index (χ0v) is 12.2. The van der Waals surface area contributed by atoms with Crippen LogP contribution in [0.5, 0.6) is 0 Å². The average molecular weight is 274 g/mol. The second kappa shape index (κ2) is 7.22. The van der Waals surface area contributed by atoms with Gasteiger partial charge in [0, 0.05) is 38.9 Å². The van der Waals surface area contributed by atoms with E-state index in [0.29, 0.717) is 19.7 Å². The van der Waals surface area contributed by atoms with E-state index in [-0.39, 0.29) is 5.91 Å². The highest BCUT2D eigenvalue weighted by atomic mass is 16.5. The molecule has 0 radical (unpaired) electrons. The van der Waals surface area contributed by atoms with Crippen LogP contribution in [0.3, 0.4) is 0 Å². The molecule has 4 nitrogen and oxygen atoms in total. The highest BCUT2D eigenvalue weighted by Crippen LogP contribution is 2.14. The second-order valence-corrected chi connectivity index (χ2v) is 5.04. The van der Waals surface area contributed by atoms with E-state index in [1.54, 1.807) is 7.11 Å². The lowest BCUT2D eigenvalue weighted by molar-refractivity contribution is -0.128. The maximum atomic E-state index is 12.6. The molecule has 1 heterocycles. The number of amides is 1. The minimum atomic E-state index is 0.113. The molecule has 1 aromatic rings. The number of ether oxygens (including phenoxy) is 1. The van der Waals surface area contributed by atoms with Crippen molar-refractivity contribution in [2.45, 2.75) is 13.5 Å². The van der Waals surface area contributed by atoms with E-state index in [1.807, 2.05) is 42.2 Å². The fourth-order valence-electron chi connectivity index (χ4n) is 2.16. The Bertz CT molecular complexity index is 477. The molecule has 1 saturated heterocycles. The standard InChI is InChI=1S/C16H22N2O2/c1-13(15-10-17-11-15)16(19)18(8-9-20-2)12-14-6-4-3-5-7-14/h3-7,17H,8-12H2,1-2H3. The molecule has 0 spiro atoms. The van der Waals surface area contributed by atoms with Crippen molar-refractivity contribution in [3.8, 4) is 0 Å². The Hall–Kier alpha value is -1.65. The third kappa shape index (κ3) is 3.68. The Morgan fingerprint density at radius 2 is 2.00 bits per heavy atom. The Balaban J connectivity index is 2.08. The second-order valence-electron chi connectivity index (χ2n) is 5.04. The Kier molecular flexibility index (Phi) is 5.32. The lowest BCUT2D eigenvalue weighted by Crippen LogP contribution is -2.39. The first-order valence-electron chi connectivity index (χ1n) is 6.94. The number of benzene rings is 1. The number of nitrogens with zero attached hydrogens (tertiary/aromatic N) is 1. The maximum absolute atomic E-state index is 12.6. The lowest BCUT2D eigenvalue weighted by Gasteiger charge is -2.27. The first kappa shape index (κ1) is 14.8. The van der Waals surface area contributed by atoms with Gasteiger partial charge in [0.2, 0.25) is 5.91 Å². The van der Waals surface area contributed by atoms with Crippen molar-refractivity contribution in [1.29, 1.82) is 0 Å². The SMILES string of the molecule is COCCN(Cc1ccccc1)C(=O)C(C)=C1CNC1. The van der Waals surface area contributed by atoms with E-state index in [1.165, 1.54) is 5.57 Å². The molecule has 0 saturated carbocycles. The van der Waals surface area contributed by atoms with Gasteiger partial charge in [-0.15, -0.1) is 0 Å². The third-order valence-electron chi connectivity index (χ3n) is 3.60. The zero-order chi connectivity index (χ0) is 14.4. The van der Waals surface area contributed by atoms with Crippen molar-refractivity contribution in [3.05, 3.63) is 47.0 Å². The molecule has 4 heteroatoms. The summed E-state index contributed by atoms with van der Waals surface area (Å²) in [6, 6.07) is 10.1. The number of nitrogens with one attached hydrogen (secondary N) is 1. The largest absolute Gasteiger partial charge is 0.383 e. The van der Waals surface area contributed by atoms with E-state index < -0.39 is 0 Å². The van der Waals surface area contributed by atoms with Crippen LogP contribution in [0.2, 0.25) is 0 Å². The highest BCUT2D eigenvalue weighted by Gasteiger charge is 2.21. The van der Waals surface area contributed by atoms with Crippen molar-refractivity contribution in [2.75, 3.05) is 33.4 Å². The Labute approximate surface area is 120 Å². The third-order valence-corrected chi connectivity index (χ3v) is 3.60. The smallest absolute Gasteiger partial charge is 0.249 e. The number of rotatable bonds is 6. The van der Waals surface area contributed by atoms with E-state index in [9.17, 15) is 4.79 Å². The molecule has 2 rings (SSSR count). The molecule has 1 amide bonds. The fourth-order valence-corrected chi connectivity index (χ4v) is 2.16. The molecule has 20 heavy (non-hydrogen) atoms. The summed E-state index contributed by atoms with van der Waals surface area (Å²) in [7, 11) is 1.66. The normalized spacial score (nSPS) is 13.8. The number of carbonyl (C=O) groups excluding carboxylic acids is 1. The first-order valence-corrected chi connectivity index (χ1v) is 6.94. The van der Waals surface area contributed by atoms with Gasteiger partial charge >= 0.3 is 0 Å². The maximum Gasteiger partial charge on any atom is 0.249 e. The Morgan fingerprint density at radius 3 is 2.55 bits per heavy atom.